The van der Waals surface area contributed by atoms with Gasteiger partial charge in [-0.3, -0.25) is 0 Å². The smallest absolute Gasteiger partial charge is 0.338 e. The van der Waals surface area contributed by atoms with Gasteiger partial charge in [0.2, 0.25) is 0 Å². The van der Waals surface area contributed by atoms with Crippen LogP contribution in [0.4, 0.5) is 0 Å². The number of methoxy groups -OCH3 is 2. The fourth-order valence-electron chi connectivity index (χ4n) is 8.55. The standard InChI is InChI=1S/C49H63NO24/c1-63-43(60)40-29(52)28(51)32(55)47(72-40)71-39-31(54)34(57)48(74-42(39)45(62)67-22-26-16-10-5-11-17-26)70-38-35(58)41(44(61)64-2)73-49(36(38)59)69-37-27(23-65-21-25-14-8-4-9-15-25)68-46(33(56)30(37)53)66-19-18-50-20-24-12-6-3-7-13-24/h3-17,27-42,46-59H,18-23H2,1-2H3. The van der Waals surface area contributed by atoms with Gasteiger partial charge in [0.15, 0.2) is 43.5 Å². The molecule has 20 atom stereocenters. The third-order valence-corrected chi connectivity index (χ3v) is 12.6. The van der Waals surface area contributed by atoms with Gasteiger partial charge in [0.05, 0.1) is 34.0 Å². The fourth-order valence-corrected chi connectivity index (χ4v) is 8.55. The van der Waals surface area contributed by atoms with Crippen LogP contribution in [0.1, 0.15) is 16.7 Å². The normalized spacial score (nSPS) is 36.4. The first-order valence-corrected chi connectivity index (χ1v) is 23.7. The van der Waals surface area contributed by atoms with Crippen LogP contribution in [0, 0.1) is 0 Å². The maximum Gasteiger partial charge on any atom is 0.338 e. The molecule has 0 saturated carbocycles. The number of benzene rings is 3. The lowest BCUT2D eigenvalue weighted by Gasteiger charge is -2.48. The van der Waals surface area contributed by atoms with Gasteiger partial charge in [-0.25, -0.2) is 14.4 Å². The van der Waals surface area contributed by atoms with Gasteiger partial charge >= 0.3 is 17.9 Å². The average molecular weight is 1050 g/mol. The van der Waals surface area contributed by atoms with Crippen molar-refractivity contribution < 1.29 is 117 Å². The van der Waals surface area contributed by atoms with Crippen molar-refractivity contribution in [3.8, 4) is 0 Å². The van der Waals surface area contributed by atoms with Crippen molar-refractivity contribution in [2.75, 3.05) is 34.0 Å². The summed E-state index contributed by atoms with van der Waals surface area (Å²) in [4.78, 5) is 39.5. The van der Waals surface area contributed by atoms with Crippen LogP contribution >= 0.6 is 0 Å². The summed E-state index contributed by atoms with van der Waals surface area (Å²) in [7, 11) is 1.91. The molecule has 0 amide bonds. The number of rotatable bonds is 21. The van der Waals surface area contributed by atoms with Gasteiger partial charge < -0.3 is 108 Å². The molecule has 0 aromatic heterocycles. The third kappa shape index (κ3) is 13.8. The summed E-state index contributed by atoms with van der Waals surface area (Å²) >= 11 is 0. The molecule has 0 spiro atoms. The Bertz CT molecular complexity index is 2200. The first-order valence-electron chi connectivity index (χ1n) is 23.7. The molecule has 0 aliphatic carbocycles. The van der Waals surface area contributed by atoms with Crippen molar-refractivity contribution in [2.45, 2.75) is 143 Å². The Labute approximate surface area is 423 Å². The van der Waals surface area contributed by atoms with Crippen molar-refractivity contribution in [1.29, 1.82) is 0 Å². The monoisotopic (exact) mass is 1050 g/mol. The highest BCUT2D eigenvalue weighted by Crippen LogP contribution is 2.36. The van der Waals surface area contributed by atoms with E-state index in [0.29, 0.717) is 18.7 Å². The highest BCUT2D eigenvalue weighted by Gasteiger charge is 2.58. The highest BCUT2D eigenvalue weighted by molar-refractivity contribution is 5.76. The van der Waals surface area contributed by atoms with E-state index in [9.17, 15) is 60.3 Å². The largest absolute Gasteiger partial charge is 0.467 e. The minimum atomic E-state index is -2.30. The Morgan fingerprint density at radius 2 is 0.946 bits per heavy atom. The van der Waals surface area contributed by atoms with E-state index in [0.717, 1.165) is 25.3 Å². The van der Waals surface area contributed by atoms with Crippen LogP contribution in [0.3, 0.4) is 0 Å². The minimum absolute atomic E-state index is 0.0221. The number of nitrogens with one attached hydrogen (secondary N) is 1. The Morgan fingerprint density at radius 3 is 1.54 bits per heavy atom. The van der Waals surface area contributed by atoms with Gasteiger partial charge in [-0.15, -0.1) is 0 Å². The molecule has 4 aliphatic rings. The fraction of sp³-hybridized carbons (Fsp3) is 0.571. The molecule has 3 aromatic carbocycles. The Kier molecular flexibility index (Phi) is 20.7. The van der Waals surface area contributed by atoms with Crippen molar-refractivity contribution in [1.82, 2.24) is 5.32 Å². The Morgan fingerprint density at radius 1 is 0.473 bits per heavy atom. The molecule has 74 heavy (non-hydrogen) atoms. The number of hydrogen-bond acceptors (Lipinski definition) is 25. The first kappa shape index (κ1) is 57.0. The number of carbonyl (C=O) groups excluding carboxylic acids is 3. The first-order chi connectivity index (χ1) is 35.6. The number of aliphatic hydroxyl groups is 9. The van der Waals surface area contributed by atoms with Gasteiger partial charge in [0.25, 0.3) is 0 Å². The Hall–Kier alpha value is -4.69. The van der Waals surface area contributed by atoms with Crippen LogP contribution in [0.25, 0.3) is 0 Å². The summed E-state index contributed by atoms with van der Waals surface area (Å²) in [5.74, 6) is -3.71. The molecule has 20 unspecified atom stereocenters. The molecule has 3 aromatic rings. The predicted molar refractivity (Wildman–Crippen MR) is 244 cm³/mol. The van der Waals surface area contributed by atoms with E-state index in [1.807, 2.05) is 36.4 Å². The molecule has 4 aliphatic heterocycles. The average Bonchev–Trinajstić information content (AvgIpc) is 3.41. The van der Waals surface area contributed by atoms with Crippen molar-refractivity contribution in [2.24, 2.45) is 0 Å². The predicted octanol–water partition coefficient (Wildman–Crippen LogP) is -3.60. The lowest BCUT2D eigenvalue weighted by molar-refractivity contribution is -0.383. The zero-order valence-electron chi connectivity index (χ0n) is 40.1. The van der Waals surface area contributed by atoms with E-state index >= 15 is 0 Å². The van der Waals surface area contributed by atoms with Gasteiger partial charge in [0, 0.05) is 13.1 Å². The molecule has 4 heterocycles. The SMILES string of the molecule is COC(=O)C1OC(OC2C(C(=O)OCc3ccccc3)OC(OC3C(O)C(OC4C(COCc5ccccc5)OC(OCCNCc5ccccc5)C(O)C4O)OC(C(=O)OC)C3O)C(O)C2O)C(O)C(O)C1O. The summed E-state index contributed by atoms with van der Waals surface area (Å²) in [5, 5.41) is 105. The zero-order chi connectivity index (χ0) is 53.1. The van der Waals surface area contributed by atoms with Crippen LogP contribution in [-0.4, -0.2) is 221 Å². The van der Waals surface area contributed by atoms with Gasteiger partial charge in [0.1, 0.15) is 86.0 Å². The van der Waals surface area contributed by atoms with Crippen LogP contribution < -0.4 is 5.32 Å². The Balaban J connectivity index is 1.10. The highest BCUT2D eigenvalue weighted by atomic mass is 16.8. The van der Waals surface area contributed by atoms with Crippen molar-refractivity contribution in [3.63, 3.8) is 0 Å². The summed E-state index contributed by atoms with van der Waals surface area (Å²) in [6, 6.07) is 26.8. The van der Waals surface area contributed by atoms with Gasteiger partial charge in [-0.2, -0.15) is 0 Å². The third-order valence-electron chi connectivity index (χ3n) is 12.6. The number of carbonyl (C=O) groups is 3. The van der Waals surface area contributed by atoms with Crippen LogP contribution in [0.2, 0.25) is 0 Å². The van der Waals surface area contributed by atoms with E-state index in [1.54, 1.807) is 54.6 Å². The molecule has 25 nitrogen and oxygen atoms in total. The summed E-state index contributed by atoms with van der Waals surface area (Å²) in [5.41, 5.74) is 2.28. The second kappa shape index (κ2) is 26.9. The van der Waals surface area contributed by atoms with Crippen LogP contribution in [0.5, 0.6) is 0 Å². The van der Waals surface area contributed by atoms with E-state index in [-0.39, 0.29) is 26.4 Å². The van der Waals surface area contributed by atoms with Crippen LogP contribution in [0.15, 0.2) is 91.0 Å². The minimum Gasteiger partial charge on any atom is -0.467 e. The molecular formula is C49H63NO24. The summed E-state index contributed by atoms with van der Waals surface area (Å²) in [6.45, 7) is 0.231. The summed E-state index contributed by atoms with van der Waals surface area (Å²) in [6.07, 6.45) is -40.0. The lowest BCUT2D eigenvalue weighted by atomic mass is 9.95. The molecule has 408 valence electrons. The molecule has 10 N–H and O–H groups in total. The molecule has 7 rings (SSSR count). The van der Waals surface area contributed by atoms with E-state index in [4.69, 9.17) is 52.1 Å². The second-order valence-corrected chi connectivity index (χ2v) is 17.7. The lowest BCUT2D eigenvalue weighted by Crippen LogP contribution is -2.68. The number of ether oxygens (including phenoxy) is 12. The van der Waals surface area contributed by atoms with Crippen molar-refractivity contribution in [3.05, 3.63) is 108 Å². The van der Waals surface area contributed by atoms with E-state index in [1.165, 1.54) is 0 Å². The topological polar surface area (TPSA) is 356 Å². The van der Waals surface area contributed by atoms with Crippen LogP contribution in [-0.2, 0) is 91.0 Å². The summed E-state index contributed by atoms with van der Waals surface area (Å²) < 4.78 is 67.5. The molecule has 4 fully saturated rings. The molecule has 0 radical (unpaired) electrons. The van der Waals surface area contributed by atoms with Gasteiger partial charge in [-0.1, -0.05) is 91.0 Å². The van der Waals surface area contributed by atoms with E-state index in [2.05, 4.69) is 10.1 Å². The van der Waals surface area contributed by atoms with Gasteiger partial charge in [-0.05, 0) is 16.7 Å². The molecular weight excluding hydrogens is 987 g/mol. The van der Waals surface area contributed by atoms with Crippen molar-refractivity contribution >= 4 is 17.9 Å². The molecule has 25 heteroatoms. The number of esters is 3. The van der Waals surface area contributed by atoms with E-state index < -0.39 is 141 Å². The maximum absolute atomic E-state index is 13.9. The number of aliphatic hydroxyl groups excluding tert-OH is 9. The second-order valence-electron chi connectivity index (χ2n) is 17.7. The molecule has 4 saturated heterocycles. The number of hydrogen-bond donors (Lipinski definition) is 10. The zero-order valence-corrected chi connectivity index (χ0v) is 40.1. The molecule has 0 bridgehead atoms. The maximum atomic E-state index is 13.9. The quantitative estimate of drug-likeness (QED) is 0.0280.